The first-order valence-corrected chi connectivity index (χ1v) is 7.75. The summed E-state index contributed by atoms with van der Waals surface area (Å²) in [7, 11) is 1.56. The van der Waals surface area contributed by atoms with Crippen LogP contribution in [0.2, 0.25) is 0 Å². The van der Waals surface area contributed by atoms with Crippen LogP contribution in [0.3, 0.4) is 0 Å². The van der Waals surface area contributed by atoms with Crippen LogP contribution in [0.15, 0.2) is 35.5 Å². The maximum atomic E-state index is 9.21. The zero-order valence-electron chi connectivity index (χ0n) is 13.1. The first-order valence-electron chi connectivity index (χ1n) is 7.75. The van der Waals surface area contributed by atoms with Crippen molar-refractivity contribution >= 4 is 5.71 Å². The van der Waals surface area contributed by atoms with Crippen molar-refractivity contribution in [3.63, 3.8) is 0 Å². The third kappa shape index (κ3) is 6.74. The number of unbranched alkanes of at least 4 members (excludes halogenated alkanes) is 5. The highest BCUT2D eigenvalue weighted by Gasteiger charge is 2.18. The standard InChI is InChI=1S/C17H27NO3/c1-3-4-5-6-7-11-14-21-17(20-2)16(18-19)15-12-9-8-10-13-15/h8-10,12-13,17,19H,3-7,11,14H2,1-2H3. The molecule has 1 atom stereocenters. The van der Waals surface area contributed by atoms with Gasteiger partial charge in [0.05, 0.1) is 6.61 Å². The molecule has 0 heterocycles. The number of ether oxygens (including phenoxy) is 2. The summed E-state index contributed by atoms with van der Waals surface area (Å²) < 4.78 is 11.0. The molecule has 4 nitrogen and oxygen atoms in total. The summed E-state index contributed by atoms with van der Waals surface area (Å²) in [5.41, 5.74) is 1.21. The predicted octanol–water partition coefficient (Wildman–Crippen LogP) is 4.21. The SMILES string of the molecule is CCCCCCCCOC(OC)C(=NO)c1ccccc1. The molecule has 1 rings (SSSR count). The third-order valence-corrected chi connectivity index (χ3v) is 3.38. The van der Waals surface area contributed by atoms with E-state index in [0.717, 1.165) is 18.4 Å². The van der Waals surface area contributed by atoms with Crippen LogP contribution in [-0.2, 0) is 9.47 Å². The van der Waals surface area contributed by atoms with Crippen molar-refractivity contribution in [2.45, 2.75) is 51.7 Å². The smallest absolute Gasteiger partial charge is 0.204 e. The molecule has 1 aromatic carbocycles. The molecule has 118 valence electrons. The molecule has 0 spiro atoms. The molecular weight excluding hydrogens is 266 g/mol. The van der Waals surface area contributed by atoms with Gasteiger partial charge in [0.1, 0.15) is 5.71 Å². The average molecular weight is 293 g/mol. The van der Waals surface area contributed by atoms with E-state index < -0.39 is 6.29 Å². The zero-order chi connectivity index (χ0) is 15.3. The highest BCUT2D eigenvalue weighted by atomic mass is 16.7. The maximum absolute atomic E-state index is 9.21. The van der Waals surface area contributed by atoms with Crippen molar-refractivity contribution in [2.24, 2.45) is 5.16 Å². The Hall–Kier alpha value is -1.39. The van der Waals surface area contributed by atoms with Crippen LogP contribution in [0.1, 0.15) is 51.0 Å². The number of oxime groups is 1. The molecule has 1 unspecified atom stereocenters. The van der Waals surface area contributed by atoms with Crippen molar-refractivity contribution in [3.8, 4) is 0 Å². The van der Waals surface area contributed by atoms with Crippen molar-refractivity contribution in [1.29, 1.82) is 0 Å². The van der Waals surface area contributed by atoms with Gasteiger partial charge in [0, 0.05) is 12.7 Å². The van der Waals surface area contributed by atoms with Crippen LogP contribution in [0.25, 0.3) is 0 Å². The van der Waals surface area contributed by atoms with E-state index in [1.165, 1.54) is 25.7 Å². The second kappa shape index (κ2) is 11.3. The molecule has 21 heavy (non-hydrogen) atoms. The number of hydrogen-bond donors (Lipinski definition) is 1. The average Bonchev–Trinajstić information content (AvgIpc) is 2.54. The maximum Gasteiger partial charge on any atom is 0.204 e. The van der Waals surface area contributed by atoms with Gasteiger partial charge in [-0.05, 0) is 6.42 Å². The molecule has 0 aromatic heterocycles. The molecule has 4 heteroatoms. The number of hydrogen-bond acceptors (Lipinski definition) is 4. The van der Waals surface area contributed by atoms with E-state index in [-0.39, 0.29) is 0 Å². The van der Waals surface area contributed by atoms with E-state index >= 15 is 0 Å². The van der Waals surface area contributed by atoms with Gasteiger partial charge < -0.3 is 14.7 Å². The summed E-state index contributed by atoms with van der Waals surface area (Å²) in [5, 5.41) is 12.5. The number of rotatable bonds is 11. The molecule has 1 aromatic rings. The summed E-state index contributed by atoms with van der Waals surface area (Å²) >= 11 is 0. The Morgan fingerprint density at radius 2 is 1.76 bits per heavy atom. The monoisotopic (exact) mass is 293 g/mol. The fourth-order valence-corrected chi connectivity index (χ4v) is 2.18. The van der Waals surface area contributed by atoms with Crippen molar-refractivity contribution in [3.05, 3.63) is 35.9 Å². The van der Waals surface area contributed by atoms with Crippen molar-refractivity contribution < 1.29 is 14.7 Å². The summed E-state index contributed by atoms with van der Waals surface area (Å²) in [6, 6.07) is 9.43. The number of nitrogens with zero attached hydrogens (tertiary/aromatic N) is 1. The van der Waals surface area contributed by atoms with E-state index in [1.54, 1.807) is 7.11 Å². The minimum absolute atomic E-state index is 0.407. The zero-order valence-corrected chi connectivity index (χ0v) is 13.1. The lowest BCUT2D eigenvalue weighted by atomic mass is 10.1. The van der Waals surface area contributed by atoms with Crippen LogP contribution in [0, 0.1) is 0 Å². The molecule has 1 N–H and O–H groups in total. The first-order chi connectivity index (χ1) is 10.3. The molecule has 0 saturated heterocycles. The molecule has 0 amide bonds. The Balaban J connectivity index is 2.36. The van der Waals surface area contributed by atoms with Gasteiger partial charge in [-0.3, -0.25) is 0 Å². The second-order valence-corrected chi connectivity index (χ2v) is 5.06. The molecule has 0 bridgehead atoms. The normalized spacial score (nSPS) is 13.3. The molecular formula is C17H27NO3. The Morgan fingerprint density at radius 1 is 1.10 bits per heavy atom. The third-order valence-electron chi connectivity index (χ3n) is 3.38. The molecule has 0 aliphatic heterocycles. The fourth-order valence-electron chi connectivity index (χ4n) is 2.18. The number of methoxy groups -OCH3 is 1. The second-order valence-electron chi connectivity index (χ2n) is 5.06. The Labute approximate surface area is 127 Å². The summed E-state index contributed by atoms with van der Waals surface area (Å²) in [6.45, 7) is 2.82. The minimum Gasteiger partial charge on any atom is -0.410 e. The lowest BCUT2D eigenvalue weighted by molar-refractivity contribution is -0.0784. The van der Waals surface area contributed by atoms with Gasteiger partial charge >= 0.3 is 0 Å². The van der Waals surface area contributed by atoms with Crippen LogP contribution in [0.4, 0.5) is 0 Å². The summed E-state index contributed by atoms with van der Waals surface area (Å²) in [5.74, 6) is 0. The van der Waals surface area contributed by atoms with Crippen LogP contribution >= 0.6 is 0 Å². The predicted molar refractivity (Wildman–Crippen MR) is 84.9 cm³/mol. The Bertz CT molecular complexity index is 392. The lowest BCUT2D eigenvalue weighted by Gasteiger charge is -2.17. The van der Waals surface area contributed by atoms with E-state index in [1.807, 2.05) is 30.3 Å². The quantitative estimate of drug-likeness (QED) is 0.218. The van der Waals surface area contributed by atoms with Crippen molar-refractivity contribution in [2.75, 3.05) is 13.7 Å². The fraction of sp³-hybridized carbons (Fsp3) is 0.588. The molecule has 0 aliphatic carbocycles. The van der Waals surface area contributed by atoms with E-state index in [0.29, 0.717) is 12.3 Å². The Morgan fingerprint density at radius 3 is 2.38 bits per heavy atom. The van der Waals surface area contributed by atoms with Gasteiger partial charge in [0.2, 0.25) is 6.29 Å². The molecule has 0 saturated carbocycles. The van der Waals surface area contributed by atoms with Gasteiger partial charge in [-0.25, -0.2) is 0 Å². The Kier molecular flexibility index (Phi) is 9.49. The van der Waals surface area contributed by atoms with E-state index in [4.69, 9.17) is 9.47 Å². The first kappa shape index (κ1) is 17.7. The van der Waals surface area contributed by atoms with Gasteiger partial charge in [0.25, 0.3) is 0 Å². The van der Waals surface area contributed by atoms with Gasteiger partial charge in [-0.15, -0.1) is 0 Å². The van der Waals surface area contributed by atoms with Gasteiger partial charge in [-0.2, -0.15) is 0 Å². The molecule has 0 fully saturated rings. The largest absolute Gasteiger partial charge is 0.410 e. The minimum atomic E-state index is -0.631. The highest BCUT2D eigenvalue weighted by Crippen LogP contribution is 2.10. The van der Waals surface area contributed by atoms with E-state index in [2.05, 4.69) is 12.1 Å². The topological polar surface area (TPSA) is 51.0 Å². The lowest BCUT2D eigenvalue weighted by Crippen LogP contribution is -2.27. The van der Waals surface area contributed by atoms with Crippen LogP contribution < -0.4 is 0 Å². The molecule has 0 radical (unpaired) electrons. The van der Waals surface area contributed by atoms with Gasteiger partial charge in [0.15, 0.2) is 0 Å². The molecule has 0 aliphatic rings. The van der Waals surface area contributed by atoms with Gasteiger partial charge in [-0.1, -0.05) is 74.5 Å². The van der Waals surface area contributed by atoms with E-state index in [9.17, 15) is 5.21 Å². The van der Waals surface area contributed by atoms with Crippen LogP contribution in [0.5, 0.6) is 0 Å². The van der Waals surface area contributed by atoms with Crippen LogP contribution in [-0.4, -0.2) is 30.9 Å². The number of benzene rings is 1. The highest BCUT2D eigenvalue weighted by molar-refractivity contribution is 6.02. The summed E-state index contributed by atoms with van der Waals surface area (Å²) in [4.78, 5) is 0. The summed E-state index contributed by atoms with van der Waals surface area (Å²) in [6.07, 6.45) is 6.62. The van der Waals surface area contributed by atoms with Crippen molar-refractivity contribution in [1.82, 2.24) is 0 Å².